The lowest BCUT2D eigenvalue weighted by Crippen LogP contribution is -2.56. The predicted molar refractivity (Wildman–Crippen MR) is 86.1 cm³/mol. The molecule has 126 valence electrons. The van der Waals surface area contributed by atoms with E-state index >= 15 is 0 Å². The second-order valence-electron chi connectivity index (χ2n) is 6.43. The predicted octanol–water partition coefficient (Wildman–Crippen LogP) is 0.980. The summed E-state index contributed by atoms with van der Waals surface area (Å²) in [4.78, 5) is 25.9. The number of hydrogen-bond acceptors (Lipinski definition) is 4. The summed E-state index contributed by atoms with van der Waals surface area (Å²) >= 11 is 0. The molecule has 1 heterocycles. The first kappa shape index (κ1) is 17.4. The average Bonchev–Trinajstić information content (AvgIpc) is 2.46. The van der Waals surface area contributed by atoms with Crippen molar-refractivity contribution in [1.82, 2.24) is 4.90 Å². The number of amides is 2. The Hall–Kier alpha value is -1.92. The summed E-state index contributed by atoms with van der Waals surface area (Å²) < 4.78 is 11.1. The molecule has 6 nitrogen and oxygen atoms in total. The van der Waals surface area contributed by atoms with Crippen molar-refractivity contribution < 1.29 is 19.1 Å². The minimum absolute atomic E-state index is 0.0452. The molecule has 0 aliphatic carbocycles. The molecule has 1 aliphatic heterocycles. The molecule has 2 N–H and O–H groups in total. The summed E-state index contributed by atoms with van der Waals surface area (Å²) in [6.07, 6.45) is -0.00591. The Labute approximate surface area is 136 Å². The van der Waals surface area contributed by atoms with Gasteiger partial charge in [0.05, 0.1) is 24.7 Å². The van der Waals surface area contributed by atoms with Crippen LogP contribution in [0, 0.1) is 0 Å². The van der Waals surface area contributed by atoms with E-state index in [0.717, 1.165) is 0 Å². The van der Waals surface area contributed by atoms with Gasteiger partial charge in [0, 0.05) is 25.8 Å². The maximum absolute atomic E-state index is 12.7. The summed E-state index contributed by atoms with van der Waals surface area (Å²) in [6, 6.07) is 6.94. The quantitative estimate of drug-likeness (QED) is 0.877. The standard InChI is InChI=1S/C17H24N2O4/c1-17(2)11-19(9-13(23-17)10-22-3)15(20)8-12-6-4-5-7-14(12)16(18)21/h4-7,13H,8-11H2,1-3H3,(H2,18,21). The van der Waals surface area contributed by atoms with Gasteiger partial charge < -0.3 is 20.1 Å². The fourth-order valence-corrected chi connectivity index (χ4v) is 2.95. The lowest BCUT2D eigenvalue weighted by atomic mass is 10.0. The Kier molecular flexibility index (Phi) is 5.38. The third-order valence-electron chi connectivity index (χ3n) is 3.81. The van der Waals surface area contributed by atoms with Gasteiger partial charge in [0.25, 0.3) is 0 Å². The highest BCUT2D eigenvalue weighted by atomic mass is 16.5. The van der Waals surface area contributed by atoms with E-state index in [1.165, 1.54) is 0 Å². The van der Waals surface area contributed by atoms with E-state index in [0.29, 0.717) is 30.8 Å². The second-order valence-corrected chi connectivity index (χ2v) is 6.43. The van der Waals surface area contributed by atoms with Gasteiger partial charge >= 0.3 is 0 Å². The van der Waals surface area contributed by atoms with E-state index in [-0.39, 0.29) is 18.4 Å². The van der Waals surface area contributed by atoms with Crippen molar-refractivity contribution in [3.8, 4) is 0 Å². The van der Waals surface area contributed by atoms with Gasteiger partial charge in [-0.2, -0.15) is 0 Å². The number of methoxy groups -OCH3 is 1. The summed E-state index contributed by atoms with van der Waals surface area (Å²) in [5, 5.41) is 0. The number of carbonyl (C=O) groups excluding carboxylic acids is 2. The molecular formula is C17H24N2O4. The van der Waals surface area contributed by atoms with Crippen LogP contribution in [-0.4, -0.2) is 55.2 Å². The van der Waals surface area contributed by atoms with E-state index in [1.807, 2.05) is 13.8 Å². The molecule has 6 heteroatoms. The largest absolute Gasteiger partial charge is 0.382 e. The number of carbonyl (C=O) groups is 2. The number of nitrogens with zero attached hydrogens (tertiary/aromatic N) is 1. The first-order valence-electron chi connectivity index (χ1n) is 7.64. The van der Waals surface area contributed by atoms with Crippen LogP contribution < -0.4 is 5.73 Å². The lowest BCUT2D eigenvalue weighted by molar-refractivity contribution is -0.168. The van der Waals surface area contributed by atoms with Crippen LogP contribution in [0.5, 0.6) is 0 Å². The average molecular weight is 320 g/mol. The maximum Gasteiger partial charge on any atom is 0.248 e. The molecule has 2 amide bonds. The van der Waals surface area contributed by atoms with Gasteiger partial charge in [-0.05, 0) is 25.5 Å². The molecular weight excluding hydrogens is 296 g/mol. The van der Waals surface area contributed by atoms with Crippen LogP contribution in [0.2, 0.25) is 0 Å². The van der Waals surface area contributed by atoms with Crippen LogP contribution in [0.15, 0.2) is 24.3 Å². The molecule has 1 unspecified atom stereocenters. The first-order valence-corrected chi connectivity index (χ1v) is 7.64. The monoisotopic (exact) mass is 320 g/mol. The van der Waals surface area contributed by atoms with Crippen molar-refractivity contribution in [2.45, 2.75) is 32.0 Å². The van der Waals surface area contributed by atoms with Crippen molar-refractivity contribution in [3.05, 3.63) is 35.4 Å². The fourth-order valence-electron chi connectivity index (χ4n) is 2.95. The highest BCUT2D eigenvalue weighted by molar-refractivity contribution is 5.95. The van der Waals surface area contributed by atoms with E-state index in [1.54, 1.807) is 36.3 Å². The number of primary amides is 1. The smallest absolute Gasteiger partial charge is 0.248 e. The van der Waals surface area contributed by atoms with Gasteiger partial charge in [-0.15, -0.1) is 0 Å². The number of hydrogen-bond donors (Lipinski definition) is 1. The van der Waals surface area contributed by atoms with E-state index in [4.69, 9.17) is 15.2 Å². The molecule has 0 spiro atoms. The normalized spacial score (nSPS) is 20.3. The Morgan fingerprint density at radius 2 is 2.09 bits per heavy atom. The number of ether oxygens (including phenoxy) is 2. The number of benzene rings is 1. The van der Waals surface area contributed by atoms with Gasteiger partial charge in [0.15, 0.2) is 0 Å². The molecule has 0 saturated carbocycles. The Morgan fingerprint density at radius 1 is 1.39 bits per heavy atom. The van der Waals surface area contributed by atoms with Crippen LogP contribution in [0.3, 0.4) is 0 Å². The number of nitrogens with two attached hydrogens (primary N) is 1. The van der Waals surface area contributed by atoms with Gasteiger partial charge in [0.1, 0.15) is 0 Å². The Morgan fingerprint density at radius 3 is 2.74 bits per heavy atom. The van der Waals surface area contributed by atoms with E-state index < -0.39 is 11.5 Å². The highest BCUT2D eigenvalue weighted by Crippen LogP contribution is 2.22. The molecule has 1 saturated heterocycles. The number of morpholine rings is 1. The Bertz CT molecular complexity index is 586. The molecule has 1 aromatic rings. The molecule has 1 aromatic carbocycles. The van der Waals surface area contributed by atoms with E-state index in [2.05, 4.69) is 0 Å². The topological polar surface area (TPSA) is 81.9 Å². The van der Waals surface area contributed by atoms with Gasteiger partial charge in [-0.25, -0.2) is 0 Å². The zero-order valence-corrected chi connectivity index (χ0v) is 13.9. The molecule has 0 bridgehead atoms. The van der Waals surface area contributed by atoms with Crippen molar-refractivity contribution in [1.29, 1.82) is 0 Å². The number of rotatable bonds is 5. The minimum Gasteiger partial charge on any atom is -0.382 e. The minimum atomic E-state index is -0.520. The molecule has 0 radical (unpaired) electrons. The maximum atomic E-state index is 12.7. The van der Waals surface area contributed by atoms with Crippen molar-refractivity contribution in [2.24, 2.45) is 5.73 Å². The third-order valence-corrected chi connectivity index (χ3v) is 3.81. The first-order chi connectivity index (χ1) is 10.8. The van der Waals surface area contributed by atoms with Crippen LogP contribution in [0.25, 0.3) is 0 Å². The highest BCUT2D eigenvalue weighted by Gasteiger charge is 2.35. The van der Waals surface area contributed by atoms with Crippen LogP contribution >= 0.6 is 0 Å². The van der Waals surface area contributed by atoms with Crippen LogP contribution in [0.4, 0.5) is 0 Å². The van der Waals surface area contributed by atoms with E-state index in [9.17, 15) is 9.59 Å². The molecule has 0 aromatic heterocycles. The van der Waals surface area contributed by atoms with Crippen LogP contribution in [-0.2, 0) is 20.7 Å². The molecule has 1 fully saturated rings. The molecule has 1 atom stereocenters. The van der Waals surface area contributed by atoms with Crippen molar-refractivity contribution in [2.75, 3.05) is 26.8 Å². The molecule has 1 aliphatic rings. The fraction of sp³-hybridized carbons (Fsp3) is 0.529. The van der Waals surface area contributed by atoms with Crippen molar-refractivity contribution in [3.63, 3.8) is 0 Å². The van der Waals surface area contributed by atoms with Gasteiger partial charge in [-0.1, -0.05) is 18.2 Å². The molecule has 2 rings (SSSR count). The molecule has 23 heavy (non-hydrogen) atoms. The van der Waals surface area contributed by atoms with Gasteiger partial charge in [-0.3, -0.25) is 9.59 Å². The summed E-state index contributed by atoms with van der Waals surface area (Å²) in [5.41, 5.74) is 5.98. The zero-order chi connectivity index (χ0) is 17.0. The SMILES string of the molecule is COCC1CN(C(=O)Cc2ccccc2C(N)=O)CC(C)(C)O1. The van der Waals surface area contributed by atoms with Gasteiger partial charge in [0.2, 0.25) is 11.8 Å². The van der Waals surface area contributed by atoms with Crippen molar-refractivity contribution >= 4 is 11.8 Å². The lowest BCUT2D eigenvalue weighted by Gasteiger charge is -2.42. The summed E-state index contributed by atoms with van der Waals surface area (Å²) in [7, 11) is 1.61. The van der Waals surface area contributed by atoms with Crippen LogP contribution in [0.1, 0.15) is 29.8 Å². The third kappa shape index (κ3) is 4.53. The Balaban J connectivity index is 2.12. The second kappa shape index (κ2) is 7.10. The summed E-state index contributed by atoms with van der Waals surface area (Å²) in [5.74, 6) is -0.566. The summed E-state index contributed by atoms with van der Waals surface area (Å²) in [6.45, 7) is 5.32. The zero-order valence-electron chi connectivity index (χ0n) is 13.9.